The van der Waals surface area contributed by atoms with Crippen LogP contribution in [0.4, 0.5) is 5.69 Å². The summed E-state index contributed by atoms with van der Waals surface area (Å²) < 4.78 is 1.04. The van der Waals surface area contributed by atoms with E-state index < -0.39 is 0 Å². The maximum atomic E-state index is 12.3. The molecule has 0 aliphatic heterocycles. The van der Waals surface area contributed by atoms with Crippen molar-refractivity contribution in [3.8, 4) is 0 Å². The van der Waals surface area contributed by atoms with Crippen LogP contribution < -0.4 is 5.32 Å². The van der Waals surface area contributed by atoms with Gasteiger partial charge >= 0.3 is 0 Å². The van der Waals surface area contributed by atoms with Crippen molar-refractivity contribution in [3.63, 3.8) is 0 Å². The Morgan fingerprint density at radius 3 is 2.43 bits per heavy atom. The Kier molecular flexibility index (Phi) is 5.48. The Balaban J connectivity index is 2.00. The highest BCUT2D eigenvalue weighted by atomic mass is 79.9. The Hall–Kier alpha value is -1.26. The van der Waals surface area contributed by atoms with Gasteiger partial charge in [0.1, 0.15) is 0 Å². The fourth-order valence-electron chi connectivity index (χ4n) is 1.96. The van der Waals surface area contributed by atoms with Crippen molar-refractivity contribution in [3.05, 3.63) is 58.1 Å². The standard InChI is InChI=1S/C17H18BrNOS/c1-11-4-9-16(12(2)10-11)19-17(20)13(3)21-15-7-5-14(18)6-8-15/h4-10,13H,1-3H3,(H,19,20)/t13-/m0/s1. The van der Waals surface area contributed by atoms with Gasteiger partial charge in [0.25, 0.3) is 0 Å². The zero-order valence-corrected chi connectivity index (χ0v) is 14.7. The first-order chi connectivity index (χ1) is 9.95. The largest absolute Gasteiger partial charge is 0.325 e. The number of rotatable bonds is 4. The summed E-state index contributed by atoms with van der Waals surface area (Å²) in [6, 6.07) is 14.0. The summed E-state index contributed by atoms with van der Waals surface area (Å²) in [4.78, 5) is 13.4. The zero-order valence-electron chi connectivity index (χ0n) is 12.3. The molecule has 0 saturated heterocycles. The lowest BCUT2D eigenvalue weighted by Crippen LogP contribution is -2.22. The van der Waals surface area contributed by atoms with E-state index in [0.717, 1.165) is 20.6 Å². The molecule has 21 heavy (non-hydrogen) atoms. The predicted molar refractivity (Wildman–Crippen MR) is 94.0 cm³/mol. The monoisotopic (exact) mass is 363 g/mol. The molecule has 0 heterocycles. The van der Waals surface area contributed by atoms with Crippen molar-refractivity contribution >= 4 is 39.3 Å². The van der Waals surface area contributed by atoms with Gasteiger partial charge in [-0.25, -0.2) is 0 Å². The van der Waals surface area contributed by atoms with E-state index in [0.29, 0.717) is 0 Å². The number of hydrogen-bond donors (Lipinski definition) is 1. The van der Waals surface area contributed by atoms with Crippen LogP contribution in [-0.4, -0.2) is 11.2 Å². The van der Waals surface area contributed by atoms with Crippen LogP contribution in [0.5, 0.6) is 0 Å². The van der Waals surface area contributed by atoms with Gasteiger partial charge in [0.15, 0.2) is 0 Å². The molecular weight excluding hydrogens is 346 g/mol. The first-order valence-corrected chi connectivity index (χ1v) is 8.43. The van der Waals surface area contributed by atoms with Crippen molar-refractivity contribution < 1.29 is 4.79 Å². The van der Waals surface area contributed by atoms with Gasteiger partial charge in [-0.1, -0.05) is 33.6 Å². The maximum absolute atomic E-state index is 12.3. The lowest BCUT2D eigenvalue weighted by Gasteiger charge is -2.14. The first kappa shape index (κ1) is 16.1. The molecule has 1 amide bonds. The highest BCUT2D eigenvalue weighted by Crippen LogP contribution is 2.26. The van der Waals surface area contributed by atoms with Gasteiger partial charge < -0.3 is 5.32 Å². The fraction of sp³-hybridized carbons (Fsp3) is 0.235. The van der Waals surface area contributed by atoms with Crippen molar-refractivity contribution in [1.82, 2.24) is 0 Å². The molecule has 1 atom stereocenters. The lowest BCUT2D eigenvalue weighted by atomic mass is 10.1. The Labute approximate surface area is 138 Å². The molecule has 1 N–H and O–H groups in total. The number of carbonyl (C=O) groups excluding carboxylic acids is 1. The van der Waals surface area contributed by atoms with Crippen LogP contribution in [0.25, 0.3) is 0 Å². The summed E-state index contributed by atoms with van der Waals surface area (Å²) >= 11 is 4.97. The maximum Gasteiger partial charge on any atom is 0.237 e. The van der Waals surface area contributed by atoms with Crippen LogP contribution >= 0.6 is 27.7 Å². The highest BCUT2D eigenvalue weighted by Gasteiger charge is 2.15. The Morgan fingerprint density at radius 1 is 1.14 bits per heavy atom. The second-order valence-electron chi connectivity index (χ2n) is 5.02. The molecule has 110 valence electrons. The third kappa shape index (κ3) is 4.61. The average molecular weight is 364 g/mol. The van der Waals surface area contributed by atoms with E-state index in [-0.39, 0.29) is 11.2 Å². The molecule has 2 nitrogen and oxygen atoms in total. The minimum absolute atomic E-state index is 0.0230. The van der Waals surface area contributed by atoms with Crippen LogP contribution in [0.3, 0.4) is 0 Å². The van der Waals surface area contributed by atoms with Crippen molar-refractivity contribution in [1.29, 1.82) is 0 Å². The van der Waals surface area contributed by atoms with Crippen LogP contribution in [0.1, 0.15) is 18.1 Å². The molecule has 0 aliphatic carbocycles. The summed E-state index contributed by atoms with van der Waals surface area (Å²) in [5, 5.41) is 2.85. The molecule has 0 spiro atoms. The third-order valence-corrected chi connectivity index (χ3v) is 4.78. The van der Waals surface area contributed by atoms with Gasteiger partial charge in [-0.2, -0.15) is 0 Å². The van der Waals surface area contributed by atoms with Gasteiger partial charge in [0.05, 0.1) is 5.25 Å². The molecule has 0 unspecified atom stereocenters. The van der Waals surface area contributed by atoms with E-state index >= 15 is 0 Å². The van der Waals surface area contributed by atoms with Crippen molar-refractivity contribution in [2.75, 3.05) is 5.32 Å². The van der Waals surface area contributed by atoms with Gasteiger partial charge in [0.2, 0.25) is 5.91 Å². The molecule has 0 radical (unpaired) electrons. The predicted octanol–water partition coefficient (Wildman–Crippen LogP) is 5.19. The van der Waals surface area contributed by atoms with Crippen LogP contribution in [-0.2, 0) is 4.79 Å². The second-order valence-corrected chi connectivity index (χ2v) is 7.35. The number of carbonyl (C=O) groups is 1. The summed E-state index contributed by atoms with van der Waals surface area (Å²) in [5.41, 5.74) is 3.17. The topological polar surface area (TPSA) is 29.1 Å². The summed E-state index contributed by atoms with van der Waals surface area (Å²) in [7, 11) is 0. The Morgan fingerprint density at radius 2 is 1.81 bits per heavy atom. The minimum atomic E-state index is -0.146. The van der Waals surface area contributed by atoms with E-state index in [1.807, 2.05) is 57.2 Å². The van der Waals surface area contributed by atoms with E-state index in [4.69, 9.17) is 0 Å². The first-order valence-electron chi connectivity index (χ1n) is 6.76. The van der Waals surface area contributed by atoms with E-state index in [1.165, 1.54) is 5.56 Å². The van der Waals surface area contributed by atoms with E-state index in [2.05, 4.69) is 27.3 Å². The Bertz CT molecular complexity index is 640. The van der Waals surface area contributed by atoms with Gasteiger partial charge in [-0.05, 0) is 56.7 Å². The number of anilines is 1. The number of hydrogen-bond acceptors (Lipinski definition) is 2. The number of halogens is 1. The minimum Gasteiger partial charge on any atom is -0.325 e. The molecule has 2 aromatic carbocycles. The number of amides is 1. The van der Waals surface area contributed by atoms with Gasteiger partial charge in [0, 0.05) is 15.1 Å². The second kappa shape index (κ2) is 7.14. The number of nitrogens with one attached hydrogen (secondary N) is 1. The molecule has 0 saturated carbocycles. The van der Waals surface area contributed by atoms with Crippen LogP contribution in [0.15, 0.2) is 51.8 Å². The van der Waals surface area contributed by atoms with E-state index in [9.17, 15) is 4.79 Å². The normalized spacial score (nSPS) is 12.0. The molecule has 2 aromatic rings. The molecule has 4 heteroatoms. The summed E-state index contributed by atoms with van der Waals surface area (Å²) in [5.74, 6) is 0.0230. The van der Waals surface area contributed by atoms with Gasteiger partial charge in [-0.3, -0.25) is 4.79 Å². The fourth-order valence-corrected chi connectivity index (χ4v) is 3.09. The molecule has 2 rings (SSSR count). The quantitative estimate of drug-likeness (QED) is 0.757. The number of benzene rings is 2. The van der Waals surface area contributed by atoms with Crippen LogP contribution in [0, 0.1) is 13.8 Å². The SMILES string of the molecule is Cc1ccc(NC(=O)[C@H](C)Sc2ccc(Br)cc2)c(C)c1. The van der Waals surface area contributed by atoms with Crippen LogP contribution in [0.2, 0.25) is 0 Å². The van der Waals surface area contributed by atoms with Crippen molar-refractivity contribution in [2.45, 2.75) is 30.9 Å². The molecule has 0 aliphatic rings. The summed E-state index contributed by atoms with van der Waals surface area (Å²) in [6.07, 6.45) is 0. The number of thioether (sulfide) groups is 1. The van der Waals surface area contributed by atoms with Crippen molar-refractivity contribution in [2.24, 2.45) is 0 Å². The molecule has 0 aromatic heterocycles. The zero-order chi connectivity index (χ0) is 15.4. The lowest BCUT2D eigenvalue weighted by molar-refractivity contribution is -0.115. The number of aryl methyl sites for hydroxylation is 2. The molecule has 0 fully saturated rings. The highest BCUT2D eigenvalue weighted by molar-refractivity contribution is 9.10. The molecule has 0 bridgehead atoms. The van der Waals surface area contributed by atoms with Gasteiger partial charge in [-0.15, -0.1) is 11.8 Å². The smallest absolute Gasteiger partial charge is 0.237 e. The molecular formula is C17H18BrNOS. The summed E-state index contributed by atoms with van der Waals surface area (Å²) in [6.45, 7) is 5.98. The van der Waals surface area contributed by atoms with E-state index in [1.54, 1.807) is 11.8 Å². The third-order valence-electron chi connectivity index (χ3n) is 3.14. The average Bonchev–Trinajstić information content (AvgIpc) is 2.44.